The Hall–Kier alpha value is -2.70. The van der Waals surface area contributed by atoms with E-state index < -0.39 is 0 Å². The number of nitrogens with zero attached hydrogens (tertiary/aromatic N) is 3. The Kier molecular flexibility index (Phi) is 3.98. The molecule has 2 heterocycles. The summed E-state index contributed by atoms with van der Waals surface area (Å²) in [5.74, 6) is 0.739. The molecular weight excluding hydrogens is 322 g/mol. The van der Waals surface area contributed by atoms with Gasteiger partial charge in [-0.1, -0.05) is 0 Å². The number of hydrogen-bond donors (Lipinski definition) is 1. The zero-order valence-corrected chi connectivity index (χ0v) is 13.6. The molecule has 6 heteroatoms. The average Bonchev–Trinajstić information content (AvgIpc) is 3.29. The molecule has 0 saturated carbocycles. The van der Waals surface area contributed by atoms with Crippen molar-refractivity contribution >= 4 is 22.4 Å². The number of thiazole rings is 1. The molecule has 0 unspecified atom stereocenters. The number of imidazole rings is 1. The molecule has 0 aliphatic carbocycles. The van der Waals surface area contributed by atoms with Crippen LogP contribution in [0.15, 0.2) is 60.4 Å². The fraction of sp³-hybridized carbons (Fsp3) is 0.111. The van der Waals surface area contributed by atoms with Crippen molar-refractivity contribution in [1.29, 1.82) is 0 Å². The number of aromatic nitrogens is 3. The smallest absolute Gasteiger partial charge is 0.123 e. The molecule has 4 aromatic rings. The SMILES string of the molecule is OCCOc1ccc(-n2cnc3cc(-c4nccs4)ccc32)cc1. The molecule has 0 saturated heterocycles. The number of aliphatic hydroxyl groups excluding tert-OH is 1. The van der Waals surface area contributed by atoms with Crippen LogP contribution < -0.4 is 4.74 Å². The van der Waals surface area contributed by atoms with Crippen LogP contribution in [0.3, 0.4) is 0 Å². The molecule has 1 N–H and O–H groups in total. The second-order valence-electron chi connectivity index (χ2n) is 5.22. The van der Waals surface area contributed by atoms with E-state index in [1.54, 1.807) is 11.3 Å². The van der Waals surface area contributed by atoms with Gasteiger partial charge in [0.2, 0.25) is 0 Å². The molecule has 0 amide bonds. The number of hydrogen-bond acceptors (Lipinski definition) is 5. The van der Waals surface area contributed by atoms with Crippen molar-refractivity contribution in [2.24, 2.45) is 0 Å². The van der Waals surface area contributed by atoms with E-state index in [4.69, 9.17) is 9.84 Å². The second-order valence-corrected chi connectivity index (χ2v) is 6.12. The Balaban J connectivity index is 1.67. The van der Waals surface area contributed by atoms with Crippen LogP contribution in [-0.2, 0) is 0 Å². The lowest BCUT2D eigenvalue weighted by Gasteiger charge is -2.07. The van der Waals surface area contributed by atoms with E-state index in [2.05, 4.69) is 28.2 Å². The lowest BCUT2D eigenvalue weighted by molar-refractivity contribution is 0.201. The van der Waals surface area contributed by atoms with Crippen molar-refractivity contribution in [3.8, 4) is 22.0 Å². The van der Waals surface area contributed by atoms with Gasteiger partial charge in [-0.3, -0.25) is 4.57 Å². The maximum Gasteiger partial charge on any atom is 0.123 e. The highest BCUT2D eigenvalue weighted by atomic mass is 32.1. The molecule has 120 valence electrons. The minimum absolute atomic E-state index is 0.00927. The Morgan fingerprint density at radius 1 is 1.08 bits per heavy atom. The van der Waals surface area contributed by atoms with Gasteiger partial charge < -0.3 is 9.84 Å². The van der Waals surface area contributed by atoms with Crippen molar-refractivity contribution in [2.75, 3.05) is 13.2 Å². The first-order valence-electron chi connectivity index (χ1n) is 7.56. The van der Waals surface area contributed by atoms with Gasteiger partial charge in [0.05, 0.1) is 17.6 Å². The zero-order valence-electron chi connectivity index (χ0n) is 12.8. The van der Waals surface area contributed by atoms with Gasteiger partial charge in [0.25, 0.3) is 0 Å². The summed E-state index contributed by atoms with van der Waals surface area (Å²) in [6, 6.07) is 13.9. The number of fused-ring (bicyclic) bond motifs is 1. The van der Waals surface area contributed by atoms with Gasteiger partial charge in [0, 0.05) is 22.8 Å². The summed E-state index contributed by atoms with van der Waals surface area (Å²) in [5.41, 5.74) is 4.06. The topological polar surface area (TPSA) is 60.2 Å². The Labute approximate surface area is 142 Å². The quantitative estimate of drug-likeness (QED) is 0.605. The maximum absolute atomic E-state index is 8.80. The molecule has 0 spiro atoms. The van der Waals surface area contributed by atoms with Crippen LogP contribution in [0.4, 0.5) is 0 Å². The standard InChI is InChI=1S/C18H15N3O2S/c22-8-9-23-15-4-2-14(3-5-15)21-12-20-16-11-13(1-6-17(16)21)18-19-7-10-24-18/h1-7,10-12,22H,8-9H2. The van der Waals surface area contributed by atoms with Crippen molar-refractivity contribution in [3.05, 3.63) is 60.4 Å². The first kappa shape index (κ1) is 14.9. The fourth-order valence-electron chi connectivity index (χ4n) is 2.58. The van der Waals surface area contributed by atoms with Gasteiger partial charge in [-0.15, -0.1) is 11.3 Å². The van der Waals surface area contributed by atoms with Crippen LogP contribution in [0.1, 0.15) is 0 Å². The van der Waals surface area contributed by atoms with E-state index >= 15 is 0 Å². The van der Waals surface area contributed by atoms with Gasteiger partial charge in [-0.05, 0) is 42.5 Å². The van der Waals surface area contributed by atoms with E-state index in [0.29, 0.717) is 6.61 Å². The van der Waals surface area contributed by atoms with Crippen LogP contribution in [0, 0.1) is 0 Å². The number of rotatable bonds is 5. The molecule has 0 fully saturated rings. The van der Waals surface area contributed by atoms with Crippen molar-refractivity contribution in [3.63, 3.8) is 0 Å². The number of benzene rings is 2. The van der Waals surface area contributed by atoms with Gasteiger partial charge >= 0.3 is 0 Å². The minimum atomic E-state index is 0.00927. The third kappa shape index (κ3) is 2.77. The summed E-state index contributed by atoms with van der Waals surface area (Å²) in [6.07, 6.45) is 3.63. The molecule has 5 nitrogen and oxygen atoms in total. The second kappa shape index (κ2) is 6.43. The number of ether oxygens (including phenoxy) is 1. The largest absolute Gasteiger partial charge is 0.491 e. The van der Waals surface area contributed by atoms with Crippen molar-refractivity contribution < 1.29 is 9.84 Å². The zero-order chi connectivity index (χ0) is 16.4. The number of aliphatic hydroxyl groups is 1. The third-order valence-corrected chi connectivity index (χ3v) is 4.52. The van der Waals surface area contributed by atoms with Crippen molar-refractivity contribution in [2.45, 2.75) is 0 Å². The summed E-state index contributed by atoms with van der Waals surface area (Å²) >= 11 is 1.62. The molecule has 4 rings (SSSR count). The maximum atomic E-state index is 8.80. The molecular formula is C18H15N3O2S. The van der Waals surface area contributed by atoms with Gasteiger partial charge in [-0.2, -0.15) is 0 Å². The lowest BCUT2D eigenvalue weighted by Crippen LogP contribution is -2.01. The van der Waals surface area contributed by atoms with E-state index in [-0.39, 0.29) is 6.61 Å². The van der Waals surface area contributed by atoms with Crippen LogP contribution in [-0.4, -0.2) is 32.9 Å². The van der Waals surface area contributed by atoms with Crippen LogP contribution >= 0.6 is 11.3 Å². The van der Waals surface area contributed by atoms with Crippen molar-refractivity contribution in [1.82, 2.24) is 14.5 Å². The molecule has 2 aromatic carbocycles. The molecule has 24 heavy (non-hydrogen) atoms. The summed E-state index contributed by atoms with van der Waals surface area (Å²) in [7, 11) is 0. The van der Waals surface area contributed by atoms with Gasteiger partial charge in [0.15, 0.2) is 0 Å². The highest BCUT2D eigenvalue weighted by Gasteiger charge is 2.08. The van der Waals surface area contributed by atoms with Crippen LogP contribution in [0.2, 0.25) is 0 Å². The first-order chi connectivity index (χ1) is 11.8. The molecule has 0 radical (unpaired) electrons. The van der Waals surface area contributed by atoms with Gasteiger partial charge in [-0.25, -0.2) is 9.97 Å². The third-order valence-electron chi connectivity index (χ3n) is 3.70. The highest BCUT2D eigenvalue weighted by Crippen LogP contribution is 2.27. The predicted molar refractivity (Wildman–Crippen MR) is 94.8 cm³/mol. The Bertz CT molecular complexity index is 946. The van der Waals surface area contributed by atoms with Crippen LogP contribution in [0.25, 0.3) is 27.3 Å². The minimum Gasteiger partial charge on any atom is -0.491 e. The van der Waals surface area contributed by atoms with E-state index in [9.17, 15) is 0 Å². The van der Waals surface area contributed by atoms with Crippen LogP contribution in [0.5, 0.6) is 5.75 Å². The van der Waals surface area contributed by atoms with E-state index in [1.165, 1.54) is 0 Å². The Morgan fingerprint density at radius 3 is 2.71 bits per heavy atom. The normalized spacial score (nSPS) is 11.0. The highest BCUT2D eigenvalue weighted by molar-refractivity contribution is 7.13. The van der Waals surface area contributed by atoms with E-state index in [0.717, 1.165) is 33.0 Å². The summed E-state index contributed by atoms with van der Waals surface area (Å²) < 4.78 is 7.43. The molecule has 0 aliphatic rings. The first-order valence-corrected chi connectivity index (χ1v) is 8.44. The Morgan fingerprint density at radius 2 is 1.96 bits per heavy atom. The summed E-state index contributed by atoms with van der Waals surface area (Å²) in [5, 5.41) is 11.8. The molecule has 0 atom stereocenters. The average molecular weight is 337 g/mol. The lowest BCUT2D eigenvalue weighted by atomic mass is 10.2. The van der Waals surface area contributed by atoms with Gasteiger partial charge in [0.1, 0.15) is 23.7 Å². The van der Waals surface area contributed by atoms with E-state index in [1.807, 2.05) is 46.7 Å². The fourth-order valence-corrected chi connectivity index (χ4v) is 3.22. The molecule has 0 bridgehead atoms. The summed E-state index contributed by atoms with van der Waals surface area (Å²) in [4.78, 5) is 8.86. The summed E-state index contributed by atoms with van der Waals surface area (Å²) in [6.45, 7) is 0.308. The molecule has 0 aliphatic heterocycles. The monoisotopic (exact) mass is 337 g/mol. The predicted octanol–water partition coefficient (Wildman–Crippen LogP) is 3.52. The molecule has 2 aromatic heterocycles.